The zero-order valence-corrected chi connectivity index (χ0v) is 14.2. The van der Waals surface area contributed by atoms with Gasteiger partial charge in [0.2, 0.25) is 5.91 Å². The third kappa shape index (κ3) is 9.97. The molecule has 0 bridgehead atoms. The van der Waals surface area contributed by atoms with Gasteiger partial charge < -0.3 is 9.64 Å². The first-order chi connectivity index (χ1) is 12.3. The van der Waals surface area contributed by atoms with Crippen molar-refractivity contribution in [2.75, 3.05) is 20.1 Å². The Morgan fingerprint density at radius 1 is 1.09 bits per heavy atom. The highest BCUT2D eigenvalue weighted by Crippen LogP contribution is 2.12. The monoisotopic (exact) mass is 326 g/mol. The van der Waals surface area contributed by atoms with Crippen LogP contribution >= 0.6 is 0 Å². The summed E-state index contributed by atoms with van der Waals surface area (Å²) in [6, 6.07) is 0. The largest absolute Gasteiger partial charge is 0.497 e. The van der Waals surface area contributed by atoms with Gasteiger partial charge in [0, 0.05) is 17.5 Å². The summed E-state index contributed by atoms with van der Waals surface area (Å²) in [6.45, 7) is 1.56. The van der Waals surface area contributed by atoms with E-state index < -0.39 is 12.9 Å². The van der Waals surface area contributed by atoms with E-state index in [2.05, 4.69) is 11.9 Å². The SMILES string of the molecule is [2H]C([2H])([2H])N1CC(=C)OCCCCCCCCCCCCC(=O)NC1=N. The van der Waals surface area contributed by atoms with Crippen LogP contribution in [0, 0.1) is 5.41 Å². The highest BCUT2D eigenvalue weighted by molar-refractivity contribution is 5.95. The minimum atomic E-state index is -2.55. The molecule has 1 amide bonds. The molecule has 0 aromatic rings. The molecule has 0 aromatic heterocycles. The molecule has 1 heterocycles. The standard InChI is InChI=1S/C18H33N3O2/c1-16-15-21(2)18(19)20-17(22)13-11-9-7-5-3-4-6-8-10-12-14-23-16/h1,3-15H2,2H3,(H2,19,20,22)/i2D3. The second-order valence-corrected chi connectivity index (χ2v) is 6.16. The Morgan fingerprint density at radius 2 is 1.65 bits per heavy atom. The lowest BCUT2D eigenvalue weighted by Gasteiger charge is -2.21. The molecular formula is C18H33N3O2. The molecular weight excluding hydrogens is 290 g/mol. The molecule has 2 N–H and O–H groups in total. The number of carbonyl (C=O) groups excluding carboxylic acids is 1. The van der Waals surface area contributed by atoms with Gasteiger partial charge in [0.1, 0.15) is 5.76 Å². The summed E-state index contributed by atoms with van der Waals surface area (Å²) in [6.07, 6.45) is 11.2. The maximum atomic E-state index is 12.0. The van der Waals surface area contributed by atoms with Gasteiger partial charge in [-0.25, -0.2) is 0 Å². The van der Waals surface area contributed by atoms with Crippen LogP contribution in [0.15, 0.2) is 12.3 Å². The molecule has 0 aromatic carbocycles. The normalized spacial score (nSPS) is 24.1. The van der Waals surface area contributed by atoms with Crippen LogP contribution in [0.5, 0.6) is 0 Å². The van der Waals surface area contributed by atoms with Crippen LogP contribution in [0.2, 0.25) is 0 Å². The van der Waals surface area contributed by atoms with Crippen molar-refractivity contribution >= 4 is 11.9 Å². The summed E-state index contributed by atoms with van der Waals surface area (Å²) < 4.78 is 28.3. The van der Waals surface area contributed by atoms with Crippen molar-refractivity contribution in [3.63, 3.8) is 0 Å². The first-order valence-electron chi connectivity index (χ1n) is 10.3. The second-order valence-electron chi connectivity index (χ2n) is 6.16. The fraction of sp³-hybridized carbons (Fsp3) is 0.778. The van der Waals surface area contributed by atoms with Crippen molar-refractivity contribution in [1.29, 1.82) is 5.41 Å². The van der Waals surface area contributed by atoms with Gasteiger partial charge in [-0.05, 0) is 12.8 Å². The van der Waals surface area contributed by atoms with Crippen molar-refractivity contribution in [3.8, 4) is 0 Å². The molecule has 0 aliphatic carbocycles. The van der Waals surface area contributed by atoms with E-state index in [1.54, 1.807) is 0 Å². The number of hydrogen-bond acceptors (Lipinski definition) is 3. The first-order valence-corrected chi connectivity index (χ1v) is 8.77. The number of amides is 1. The second kappa shape index (κ2) is 12.0. The lowest BCUT2D eigenvalue weighted by atomic mass is 10.1. The summed E-state index contributed by atoms with van der Waals surface area (Å²) >= 11 is 0. The Morgan fingerprint density at radius 3 is 2.26 bits per heavy atom. The number of rotatable bonds is 0. The van der Waals surface area contributed by atoms with E-state index in [1.807, 2.05) is 0 Å². The highest BCUT2D eigenvalue weighted by Gasteiger charge is 2.10. The van der Waals surface area contributed by atoms with Gasteiger partial charge >= 0.3 is 0 Å². The summed E-state index contributed by atoms with van der Waals surface area (Å²) in [5, 5.41) is 10.3. The number of nitrogens with zero attached hydrogens (tertiary/aromatic N) is 1. The Bertz CT molecular complexity index is 467. The number of carbonyl (C=O) groups is 1. The smallest absolute Gasteiger partial charge is 0.226 e. The predicted molar refractivity (Wildman–Crippen MR) is 94.4 cm³/mol. The number of nitrogens with one attached hydrogen (secondary N) is 2. The molecule has 5 heteroatoms. The molecule has 0 spiro atoms. The van der Waals surface area contributed by atoms with Crippen LogP contribution in [-0.4, -0.2) is 36.9 Å². The van der Waals surface area contributed by atoms with Crippen molar-refractivity contribution in [3.05, 3.63) is 12.3 Å². The number of ether oxygens (including phenoxy) is 1. The van der Waals surface area contributed by atoms with E-state index in [0.29, 0.717) is 13.0 Å². The third-order valence-corrected chi connectivity index (χ3v) is 3.97. The summed E-state index contributed by atoms with van der Waals surface area (Å²) in [7, 11) is 0. The summed E-state index contributed by atoms with van der Waals surface area (Å²) in [5.41, 5.74) is 0. The van der Waals surface area contributed by atoms with Gasteiger partial charge in [0.15, 0.2) is 5.96 Å². The van der Waals surface area contributed by atoms with Crippen molar-refractivity contribution in [1.82, 2.24) is 10.2 Å². The Labute approximate surface area is 145 Å². The van der Waals surface area contributed by atoms with Crippen LogP contribution in [0.3, 0.4) is 0 Å². The summed E-state index contributed by atoms with van der Waals surface area (Å²) in [5.74, 6) is -0.468. The molecule has 23 heavy (non-hydrogen) atoms. The highest BCUT2D eigenvalue weighted by atomic mass is 16.5. The third-order valence-electron chi connectivity index (χ3n) is 3.97. The predicted octanol–water partition coefficient (Wildman–Crippen LogP) is 3.80. The van der Waals surface area contributed by atoms with E-state index in [1.165, 1.54) is 32.1 Å². The number of likely N-dealkylation sites (N-methyl/N-ethyl adjacent to an activating group) is 1. The molecule has 0 radical (unpaired) electrons. The van der Waals surface area contributed by atoms with Crippen molar-refractivity contribution in [2.45, 2.75) is 70.6 Å². The van der Waals surface area contributed by atoms with Gasteiger partial charge in [0.05, 0.1) is 13.2 Å². The van der Waals surface area contributed by atoms with Gasteiger partial charge in [-0.1, -0.05) is 57.9 Å². The van der Waals surface area contributed by atoms with Crippen LogP contribution in [0.1, 0.15) is 74.7 Å². The van der Waals surface area contributed by atoms with Crippen molar-refractivity contribution < 1.29 is 13.6 Å². The van der Waals surface area contributed by atoms with Crippen LogP contribution in [0.4, 0.5) is 0 Å². The topological polar surface area (TPSA) is 65.4 Å². The van der Waals surface area contributed by atoms with Crippen LogP contribution < -0.4 is 5.32 Å². The molecule has 132 valence electrons. The van der Waals surface area contributed by atoms with Gasteiger partial charge in [0.25, 0.3) is 0 Å². The van der Waals surface area contributed by atoms with Gasteiger partial charge in [-0.2, -0.15) is 0 Å². The van der Waals surface area contributed by atoms with E-state index in [0.717, 1.165) is 37.0 Å². The fourth-order valence-electron chi connectivity index (χ4n) is 2.58. The Kier molecular flexibility index (Phi) is 7.82. The maximum absolute atomic E-state index is 12.0. The zero-order chi connectivity index (χ0) is 19.4. The lowest BCUT2D eigenvalue weighted by molar-refractivity contribution is -0.120. The summed E-state index contributed by atoms with van der Waals surface area (Å²) in [4.78, 5) is 12.8. The maximum Gasteiger partial charge on any atom is 0.226 e. The zero-order valence-electron chi connectivity index (χ0n) is 17.2. The van der Waals surface area contributed by atoms with E-state index in [-0.39, 0.29) is 18.2 Å². The van der Waals surface area contributed by atoms with Crippen LogP contribution in [0.25, 0.3) is 0 Å². The molecule has 1 rings (SSSR count). The number of guanidine groups is 1. The van der Waals surface area contributed by atoms with E-state index in [9.17, 15) is 4.79 Å². The molecule has 5 nitrogen and oxygen atoms in total. The lowest BCUT2D eigenvalue weighted by Crippen LogP contribution is -2.42. The van der Waals surface area contributed by atoms with E-state index >= 15 is 0 Å². The fourth-order valence-corrected chi connectivity index (χ4v) is 2.58. The minimum absolute atomic E-state index is 0.143. The molecule has 1 aliphatic rings. The average molecular weight is 326 g/mol. The van der Waals surface area contributed by atoms with Crippen LogP contribution in [-0.2, 0) is 9.53 Å². The van der Waals surface area contributed by atoms with Crippen molar-refractivity contribution in [2.24, 2.45) is 0 Å². The molecule has 1 fully saturated rings. The molecule has 1 saturated heterocycles. The molecule has 1 aliphatic heterocycles. The first kappa shape index (κ1) is 15.0. The number of hydrogen-bond donors (Lipinski definition) is 2. The molecule has 0 atom stereocenters. The Balaban J connectivity index is 2.64. The quantitative estimate of drug-likeness (QED) is 0.711. The van der Waals surface area contributed by atoms with Gasteiger partial charge in [-0.3, -0.25) is 15.5 Å². The van der Waals surface area contributed by atoms with E-state index in [4.69, 9.17) is 14.3 Å². The molecule has 0 unspecified atom stereocenters. The minimum Gasteiger partial charge on any atom is -0.497 e. The van der Waals surface area contributed by atoms with Gasteiger partial charge in [-0.15, -0.1) is 0 Å². The molecule has 0 saturated carbocycles. The average Bonchev–Trinajstić information content (AvgIpc) is 2.55. The Hall–Kier alpha value is -1.52.